The van der Waals surface area contributed by atoms with Gasteiger partial charge in [-0.3, -0.25) is 23.5 Å². The van der Waals surface area contributed by atoms with Crippen molar-refractivity contribution >= 4 is 44.5 Å². The highest BCUT2D eigenvalue weighted by molar-refractivity contribution is 7.92. The minimum absolute atomic E-state index is 0.0566. The van der Waals surface area contributed by atoms with Crippen molar-refractivity contribution in [1.82, 2.24) is 25.4 Å². The Balaban J connectivity index is 1.55. The number of anilines is 2. The summed E-state index contributed by atoms with van der Waals surface area (Å²) < 4.78 is 86.0. The van der Waals surface area contributed by atoms with E-state index in [2.05, 4.69) is 15.6 Å². The molecule has 0 radical (unpaired) electrons. The van der Waals surface area contributed by atoms with Crippen LogP contribution >= 0.6 is 0 Å². The van der Waals surface area contributed by atoms with Crippen LogP contribution in [0.15, 0.2) is 42.0 Å². The fourth-order valence-electron chi connectivity index (χ4n) is 4.37. The van der Waals surface area contributed by atoms with Crippen LogP contribution in [0.25, 0.3) is 0 Å². The molecule has 13 nitrogen and oxygen atoms in total. The molecule has 1 fully saturated rings. The molecular weight excluding hydrogens is 567 g/mol. The van der Waals surface area contributed by atoms with Crippen molar-refractivity contribution in [2.75, 3.05) is 34.8 Å². The number of nitrogens with one attached hydrogen (secondary N) is 3. The lowest BCUT2D eigenvalue weighted by atomic mass is 10.1. The predicted octanol–water partition coefficient (Wildman–Crippen LogP) is 0.370. The number of amides is 3. The third kappa shape index (κ3) is 6.44. The van der Waals surface area contributed by atoms with E-state index < -0.39 is 57.2 Å². The Bertz CT molecular complexity index is 1350. The van der Waals surface area contributed by atoms with Gasteiger partial charge in [-0.05, 0) is 25.5 Å². The van der Waals surface area contributed by atoms with Crippen LogP contribution < -0.4 is 20.3 Å². The monoisotopic (exact) mass is 592 g/mol. The molecule has 3 amide bonds. The Morgan fingerprint density at radius 1 is 1.38 bits per heavy atom. The molecule has 0 aliphatic carbocycles. The lowest BCUT2D eigenvalue weighted by molar-refractivity contribution is -0.158. The maximum absolute atomic E-state index is 13.4. The fourth-order valence-corrected chi connectivity index (χ4v) is 6.15. The summed E-state index contributed by atoms with van der Waals surface area (Å²) >= 11 is -2.94. The van der Waals surface area contributed by atoms with E-state index >= 15 is 0 Å². The SMILES string of the molecule is C[C@@H](NC(=O)C1C=CC2=C(N1)N(C(=O)Nc1cc(N(CS(C)(=O)=O)S(=O)[O-])ccn1)[C@H]1CCN2C1)C(F)(F)F. The van der Waals surface area contributed by atoms with Gasteiger partial charge in [0.2, 0.25) is 5.91 Å². The first-order valence-electron chi connectivity index (χ1n) is 11.6. The first kappa shape index (κ1) is 28.6. The van der Waals surface area contributed by atoms with Gasteiger partial charge in [0, 0.05) is 42.9 Å². The summed E-state index contributed by atoms with van der Waals surface area (Å²) in [6.45, 7) is 1.90. The molecule has 3 aliphatic heterocycles. The summed E-state index contributed by atoms with van der Waals surface area (Å²) in [5.74, 6) is -1.61. The number of hydrogen-bond donors (Lipinski definition) is 3. The van der Waals surface area contributed by atoms with Crippen LogP contribution in [0.5, 0.6) is 0 Å². The smallest absolute Gasteiger partial charge is 0.408 e. The fraction of sp³-hybridized carbons (Fsp3) is 0.476. The number of fused-ring (bicyclic) bond motifs is 3. The van der Waals surface area contributed by atoms with Crippen molar-refractivity contribution < 1.29 is 39.9 Å². The van der Waals surface area contributed by atoms with Crippen molar-refractivity contribution in [3.63, 3.8) is 0 Å². The molecule has 0 saturated carbocycles. The molecule has 0 spiro atoms. The Kier molecular flexibility index (Phi) is 7.82. The number of carbonyl (C=O) groups excluding carboxylic acids is 2. The van der Waals surface area contributed by atoms with E-state index in [1.165, 1.54) is 29.3 Å². The van der Waals surface area contributed by atoms with Crippen molar-refractivity contribution in [2.24, 2.45) is 0 Å². The number of dihydropyridines is 1. The summed E-state index contributed by atoms with van der Waals surface area (Å²) in [5, 5.41) is 7.32. The molecule has 18 heteroatoms. The maximum Gasteiger partial charge on any atom is 0.408 e. The van der Waals surface area contributed by atoms with Gasteiger partial charge >= 0.3 is 12.2 Å². The number of pyridine rings is 1. The Morgan fingerprint density at radius 3 is 2.74 bits per heavy atom. The predicted molar refractivity (Wildman–Crippen MR) is 133 cm³/mol. The van der Waals surface area contributed by atoms with Gasteiger partial charge in [0.1, 0.15) is 29.6 Å². The van der Waals surface area contributed by atoms with Gasteiger partial charge in [-0.15, -0.1) is 0 Å². The molecular formula is C21H25F3N7O6S2-. The molecule has 2 bridgehead atoms. The van der Waals surface area contributed by atoms with E-state index in [4.69, 9.17) is 0 Å². The Hall–Kier alpha value is -3.38. The highest BCUT2D eigenvalue weighted by Crippen LogP contribution is 2.34. The third-order valence-corrected chi connectivity index (χ3v) is 7.83. The number of alkyl halides is 3. The molecule has 214 valence electrons. The lowest BCUT2D eigenvalue weighted by Gasteiger charge is -2.41. The molecule has 4 rings (SSSR count). The molecule has 1 aromatic heterocycles. The number of rotatable bonds is 7. The third-order valence-electron chi connectivity index (χ3n) is 6.24. The molecule has 2 unspecified atom stereocenters. The van der Waals surface area contributed by atoms with E-state index in [0.717, 1.165) is 13.2 Å². The van der Waals surface area contributed by atoms with Gasteiger partial charge in [0.05, 0.1) is 17.4 Å². The second kappa shape index (κ2) is 10.6. The molecule has 0 aromatic carbocycles. The minimum atomic E-state index is -4.63. The molecule has 39 heavy (non-hydrogen) atoms. The van der Waals surface area contributed by atoms with E-state index in [1.54, 1.807) is 6.08 Å². The molecule has 4 heterocycles. The van der Waals surface area contributed by atoms with Gasteiger partial charge in [-0.2, -0.15) is 13.2 Å². The van der Waals surface area contributed by atoms with Crippen molar-refractivity contribution in [3.05, 3.63) is 42.0 Å². The van der Waals surface area contributed by atoms with Crippen LogP contribution in [0.2, 0.25) is 0 Å². The van der Waals surface area contributed by atoms with Crippen LogP contribution in [-0.2, 0) is 25.9 Å². The minimum Gasteiger partial charge on any atom is -0.755 e. The Morgan fingerprint density at radius 2 is 2.10 bits per heavy atom. The number of halogens is 3. The highest BCUT2D eigenvalue weighted by Gasteiger charge is 2.43. The van der Waals surface area contributed by atoms with Crippen molar-refractivity contribution in [1.29, 1.82) is 0 Å². The number of aromatic nitrogens is 1. The quantitative estimate of drug-likeness (QED) is 0.379. The molecule has 1 aromatic rings. The van der Waals surface area contributed by atoms with Gasteiger partial charge in [0.25, 0.3) is 0 Å². The van der Waals surface area contributed by atoms with Crippen LogP contribution in [-0.4, -0.2) is 93.4 Å². The zero-order valence-electron chi connectivity index (χ0n) is 20.6. The van der Waals surface area contributed by atoms with Gasteiger partial charge < -0.3 is 20.1 Å². The largest absolute Gasteiger partial charge is 0.755 e. The van der Waals surface area contributed by atoms with E-state index in [-0.39, 0.29) is 23.4 Å². The number of allylic oxidation sites excluding steroid dienone is 1. The van der Waals surface area contributed by atoms with Crippen LogP contribution in [0.1, 0.15) is 13.3 Å². The molecule has 4 atom stereocenters. The average Bonchev–Trinajstić information content (AvgIpc) is 3.25. The summed E-state index contributed by atoms with van der Waals surface area (Å²) in [5.41, 5.74) is 0.522. The highest BCUT2D eigenvalue weighted by atomic mass is 32.2. The number of urea groups is 1. The second-order valence-electron chi connectivity index (χ2n) is 9.23. The number of carbonyl (C=O) groups is 2. The van der Waals surface area contributed by atoms with E-state index in [0.29, 0.717) is 29.5 Å². The van der Waals surface area contributed by atoms with Gasteiger partial charge in [0.15, 0.2) is 9.84 Å². The average molecular weight is 593 g/mol. The number of hydrogen-bond acceptors (Lipinski definition) is 9. The van der Waals surface area contributed by atoms with Crippen molar-refractivity contribution in [2.45, 2.75) is 37.6 Å². The zero-order valence-corrected chi connectivity index (χ0v) is 22.3. The van der Waals surface area contributed by atoms with E-state index in [1.807, 2.05) is 10.2 Å². The topological polar surface area (TPSA) is 167 Å². The van der Waals surface area contributed by atoms with Crippen LogP contribution in [0.3, 0.4) is 0 Å². The van der Waals surface area contributed by atoms with Crippen LogP contribution in [0, 0.1) is 0 Å². The Labute approximate surface area is 224 Å². The summed E-state index contributed by atoms with van der Waals surface area (Å²) in [6, 6.07) is -1.85. The van der Waals surface area contributed by atoms with Crippen molar-refractivity contribution in [3.8, 4) is 0 Å². The lowest BCUT2D eigenvalue weighted by Crippen LogP contribution is -2.57. The first-order valence-corrected chi connectivity index (χ1v) is 14.7. The molecule has 3 N–H and O–H groups in total. The standard InChI is InChI=1S/C21H26F3N7O6S2/c1-12(21(22,23)24)26-19(32)15-3-4-16-18(27-15)31(14-6-8-29(16)10-14)20(33)28-17-9-13(5-7-25-17)30(38(34)35)11-39(2,36)37/h3-5,7,9,12,14-15,27H,6,8,10-11H2,1-2H3,(H,26,32)(H,34,35)(H,25,28,33)/p-1/t12-,14+,15?/m1/s1. The van der Waals surface area contributed by atoms with E-state index in [9.17, 15) is 39.9 Å². The molecule has 3 aliphatic rings. The number of nitrogens with zero attached hydrogens (tertiary/aromatic N) is 4. The molecule has 1 saturated heterocycles. The normalized spacial score (nSPS) is 22.1. The maximum atomic E-state index is 13.4. The summed E-state index contributed by atoms with van der Waals surface area (Å²) in [6.07, 6.45) is 0.985. The van der Waals surface area contributed by atoms with Gasteiger partial charge in [-0.1, -0.05) is 6.08 Å². The number of sulfone groups is 1. The summed E-state index contributed by atoms with van der Waals surface area (Å²) in [7, 11) is -3.72. The first-order chi connectivity index (χ1) is 18.1. The van der Waals surface area contributed by atoms with Crippen LogP contribution in [0.4, 0.5) is 29.5 Å². The summed E-state index contributed by atoms with van der Waals surface area (Å²) in [4.78, 5) is 33.3. The second-order valence-corrected chi connectivity index (χ2v) is 12.2. The zero-order chi connectivity index (χ0) is 28.7. The van der Waals surface area contributed by atoms with Gasteiger partial charge in [-0.25, -0.2) is 18.2 Å².